The van der Waals surface area contributed by atoms with Crippen molar-refractivity contribution < 1.29 is 4.79 Å². The molecule has 3 nitrogen and oxygen atoms in total. The summed E-state index contributed by atoms with van der Waals surface area (Å²) in [5.74, 6) is -0.0569. The number of nitrogens with one attached hydrogen (secondary N) is 1. The summed E-state index contributed by atoms with van der Waals surface area (Å²) < 4.78 is 1.01. The van der Waals surface area contributed by atoms with Crippen molar-refractivity contribution in [2.24, 2.45) is 0 Å². The Morgan fingerprint density at radius 2 is 2.05 bits per heavy atom. The summed E-state index contributed by atoms with van der Waals surface area (Å²) in [6.07, 6.45) is 0. The van der Waals surface area contributed by atoms with Crippen LogP contribution in [0.5, 0.6) is 0 Å². The van der Waals surface area contributed by atoms with E-state index < -0.39 is 0 Å². The normalized spacial score (nSPS) is 12.2. The maximum absolute atomic E-state index is 12.3. The average Bonchev–Trinajstić information content (AvgIpc) is 2.71. The molecule has 0 aliphatic carbocycles. The molecule has 106 valence electrons. The number of aromatic nitrogens is 1. The van der Waals surface area contributed by atoms with Crippen LogP contribution < -0.4 is 5.32 Å². The molecule has 1 amide bonds. The number of halogens is 1. The van der Waals surface area contributed by atoms with Crippen LogP contribution in [0.4, 0.5) is 0 Å². The zero-order valence-electron chi connectivity index (χ0n) is 12.0. The van der Waals surface area contributed by atoms with E-state index in [2.05, 4.69) is 26.2 Å². The van der Waals surface area contributed by atoms with E-state index >= 15 is 0 Å². The van der Waals surface area contributed by atoms with Gasteiger partial charge in [-0.3, -0.25) is 4.79 Å². The van der Waals surface area contributed by atoms with Crippen molar-refractivity contribution in [3.05, 3.63) is 49.4 Å². The third kappa shape index (κ3) is 3.27. The van der Waals surface area contributed by atoms with E-state index in [9.17, 15) is 4.79 Å². The Morgan fingerprint density at radius 1 is 1.35 bits per heavy atom. The maximum Gasteiger partial charge on any atom is 0.251 e. The Hall–Kier alpha value is -1.20. The van der Waals surface area contributed by atoms with Crippen LogP contribution in [0.25, 0.3) is 0 Å². The molecule has 5 heteroatoms. The molecule has 1 aromatic heterocycles. The Morgan fingerprint density at radius 3 is 2.60 bits per heavy atom. The highest BCUT2D eigenvalue weighted by Crippen LogP contribution is 2.25. The average molecular weight is 353 g/mol. The van der Waals surface area contributed by atoms with Crippen LogP contribution in [0, 0.1) is 20.8 Å². The van der Waals surface area contributed by atoms with E-state index in [4.69, 9.17) is 0 Å². The van der Waals surface area contributed by atoms with Crippen molar-refractivity contribution >= 4 is 33.2 Å². The molecule has 1 N–H and O–H groups in total. The summed E-state index contributed by atoms with van der Waals surface area (Å²) in [7, 11) is 0. The summed E-state index contributed by atoms with van der Waals surface area (Å²) in [6.45, 7) is 7.92. The van der Waals surface area contributed by atoms with Gasteiger partial charge in [0.05, 0.1) is 16.7 Å². The predicted octanol–water partition coefficient (Wildman–Crippen LogP) is 4.32. The van der Waals surface area contributed by atoms with Crippen molar-refractivity contribution in [2.75, 3.05) is 0 Å². The van der Waals surface area contributed by atoms with E-state index in [0.717, 1.165) is 25.6 Å². The van der Waals surface area contributed by atoms with Gasteiger partial charge in [0, 0.05) is 14.9 Å². The van der Waals surface area contributed by atoms with E-state index in [-0.39, 0.29) is 11.9 Å². The molecule has 20 heavy (non-hydrogen) atoms. The van der Waals surface area contributed by atoms with Gasteiger partial charge in [-0.05, 0) is 51.5 Å². The molecule has 1 heterocycles. The van der Waals surface area contributed by atoms with Gasteiger partial charge in [-0.15, -0.1) is 11.3 Å². The minimum Gasteiger partial charge on any atom is -0.345 e. The Balaban J connectivity index is 2.15. The minimum atomic E-state index is -0.0569. The summed E-state index contributed by atoms with van der Waals surface area (Å²) >= 11 is 5.07. The molecular weight excluding hydrogens is 336 g/mol. The predicted molar refractivity (Wildman–Crippen MR) is 86.3 cm³/mol. The fourth-order valence-electron chi connectivity index (χ4n) is 2.08. The summed E-state index contributed by atoms with van der Waals surface area (Å²) in [6, 6.07) is 5.58. The van der Waals surface area contributed by atoms with Gasteiger partial charge in [-0.2, -0.15) is 0 Å². The number of carbonyl (C=O) groups excluding carboxylic acids is 1. The molecule has 0 aliphatic heterocycles. The number of hydrogen-bond acceptors (Lipinski definition) is 3. The first-order valence-corrected chi connectivity index (χ1v) is 8.00. The lowest BCUT2D eigenvalue weighted by molar-refractivity contribution is 0.0940. The van der Waals surface area contributed by atoms with E-state index in [1.165, 1.54) is 0 Å². The Bertz CT molecular complexity index is 651. The smallest absolute Gasteiger partial charge is 0.251 e. The number of thiazole rings is 1. The molecule has 2 rings (SSSR count). The number of hydrogen-bond donors (Lipinski definition) is 1. The van der Waals surface area contributed by atoms with Crippen LogP contribution in [0.3, 0.4) is 0 Å². The van der Waals surface area contributed by atoms with Gasteiger partial charge in [-0.25, -0.2) is 4.98 Å². The molecule has 0 radical (unpaired) electrons. The number of nitrogens with zero attached hydrogens (tertiary/aromatic N) is 1. The largest absolute Gasteiger partial charge is 0.345 e. The third-order valence-corrected chi connectivity index (χ3v) is 5.25. The van der Waals surface area contributed by atoms with Gasteiger partial charge >= 0.3 is 0 Å². The lowest BCUT2D eigenvalue weighted by atomic mass is 10.1. The van der Waals surface area contributed by atoms with Gasteiger partial charge in [0.25, 0.3) is 5.91 Å². The quantitative estimate of drug-likeness (QED) is 0.893. The van der Waals surface area contributed by atoms with Crippen molar-refractivity contribution in [1.82, 2.24) is 10.3 Å². The van der Waals surface area contributed by atoms with Crippen molar-refractivity contribution in [2.45, 2.75) is 33.7 Å². The Kier molecular flexibility index (Phi) is 4.60. The van der Waals surface area contributed by atoms with Crippen molar-refractivity contribution in [3.8, 4) is 0 Å². The van der Waals surface area contributed by atoms with Crippen LogP contribution in [-0.2, 0) is 0 Å². The number of carbonyl (C=O) groups is 1. The van der Waals surface area contributed by atoms with E-state index in [1.807, 2.05) is 45.9 Å². The van der Waals surface area contributed by atoms with Crippen LogP contribution in [0.15, 0.2) is 22.7 Å². The van der Waals surface area contributed by atoms with E-state index in [1.54, 1.807) is 11.3 Å². The van der Waals surface area contributed by atoms with Gasteiger partial charge < -0.3 is 5.32 Å². The van der Waals surface area contributed by atoms with Gasteiger partial charge in [0.2, 0.25) is 0 Å². The second-order valence-electron chi connectivity index (χ2n) is 4.84. The van der Waals surface area contributed by atoms with Crippen molar-refractivity contribution in [1.29, 1.82) is 0 Å². The fourth-order valence-corrected chi connectivity index (χ4v) is 3.26. The monoisotopic (exact) mass is 352 g/mol. The number of rotatable bonds is 3. The Labute approximate surface area is 131 Å². The molecule has 0 saturated heterocycles. The first kappa shape index (κ1) is 15.2. The minimum absolute atomic E-state index is 0.0300. The first-order chi connectivity index (χ1) is 9.38. The topological polar surface area (TPSA) is 42.0 Å². The highest BCUT2D eigenvalue weighted by molar-refractivity contribution is 9.10. The highest BCUT2D eigenvalue weighted by atomic mass is 79.9. The standard InChI is InChI=1S/C15H17BrN2OS/c1-8-7-12(5-6-13(8)16)15(19)18-10(3)14-9(2)17-11(4)20-14/h5-7,10H,1-4H3,(H,18,19). The third-order valence-electron chi connectivity index (χ3n) is 3.10. The van der Waals surface area contributed by atoms with Crippen molar-refractivity contribution in [3.63, 3.8) is 0 Å². The molecule has 1 unspecified atom stereocenters. The second kappa shape index (κ2) is 6.06. The zero-order chi connectivity index (χ0) is 14.9. The van der Waals surface area contributed by atoms with E-state index in [0.29, 0.717) is 5.56 Å². The van der Waals surface area contributed by atoms with Crippen LogP contribution in [0.1, 0.15) is 44.5 Å². The zero-order valence-corrected chi connectivity index (χ0v) is 14.4. The molecule has 0 saturated carbocycles. The highest BCUT2D eigenvalue weighted by Gasteiger charge is 2.16. The van der Waals surface area contributed by atoms with Crippen LogP contribution in [-0.4, -0.2) is 10.9 Å². The van der Waals surface area contributed by atoms with Gasteiger partial charge in [0.1, 0.15) is 0 Å². The molecule has 0 fully saturated rings. The van der Waals surface area contributed by atoms with Crippen LogP contribution >= 0.6 is 27.3 Å². The molecule has 0 bridgehead atoms. The maximum atomic E-state index is 12.3. The van der Waals surface area contributed by atoms with Gasteiger partial charge in [-0.1, -0.05) is 15.9 Å². The molecule has 0 spiro atoms. The molecule has 1 aromatic carbocycles. The summed E-state index contributed by atoms with van der Waals surface area (Å²) in [5, 5.41) is 4.06. The number of benzene rings is 1. The number of aryl methyl sites for hydroxylation is 3. The van der Waals surface area contributed by atoms with Crippen LogP contribution in [0.2, 0.25) is 0 Å². The lowest BCUT2D eigenvalue weighted by Crippen LogP contribution is -2.26. The molecule has 1 atom stereocenters. The SMILES string of the molecule is Cc1nc(C)c(C(C)NC(=O)c2ccc(Br)c(C)c2)s1. The first-order valence-electron chi connectivity index (χ1n) is 6.39. The molecule has 2 aromatic rings. The number of amides is 1. The molecule has 0 aliphatic rings. The fraction of sp³-hybridized carbons (Fsp3) is 0.333. The van der Waals surface area contributed by atoms with Gasteiger partial charge in [0.15, 0.2) is 0 Å². The summed E-state index contributed by atoms with van der Waals surface area (Å²) in [5.41, 5.74) is 2.72. The summed E-state index contributed by atoms with van der Waals surface area (Å²) in [4.78, 5) is 17.8. The lowest BCUT2D eigenvalue weighted by Gasteiger charge is -2.13. The second-order valence-corrected chi connectivity index (χ2v) is 6.93. The molecular formula is C15H17BrN2OS.